The molecular weight excluding hydrogens is 316 g/mol. The third-order valence-electron chi connectivity index (χ3n) is 3.84. The summed E-state index contributed by atoms with van der Waals surface area (Å²) >= 11 is 0. The maximum atomic E-state index is 12.7. The first-order chi connectivity index (χ1) is 10.9. The maximum absolute atomic E-state index is 12.7. The van der Waals surface area contributed by atoms with E-state index < -0.39 is 10.0 Å². The lowest BCUT2D eigenvalue weighted by atomic mass is 10.2. The number of H-pyrrole nitrogens is 1. The number of amides is 1. The summed E-state index contributed by atoms with van der Waals surface area (Å²) in [5.74, 6) is 0.00678. The van der Waals surface area contributed by atoms with Crippen molar-refractivity contribution in [2.75, 3.05) is 16.2 Å². The van der Waals surface area contributed by atoms with Gasteiger partial charge in [-0.2, -0.15) is 5.10 Å². The zero-order chi connectivity index (χ0) is 16.6. The molecule has 0 bridgehead atoms. The molecule has 1 aliphatic heterocycles. The molecule has 3 rings (SSSR count). The molecule has 1 aromatic heterocycles. The molecule has 0 unspecified atom stereocenters. The van der Waals surface area contributed by atoms with Crippen LogP contribution in [0.25, 0.3) is 0 Å². The maximum Gasteiger partial charge on any atom is 0.265 e. The Morgan fingerprint density at radius 1 is 1.26 bits per heavy atom. The van der Waals surface area contributed by atoms with E-state index in [1.54, 1.807) is 43.0 Å². The van der Waals surface area contributed by atoms with Crippen molar-refractivity contribution in [3.63, 3.8) is 0 Å². The van der Waals surface area contributed by atoms with Gasteiger partial charge in [-0.05, 0) is 32.4 Å². The van der Waals surface area contributed by atoms with Crippen LogP contribution in [0.4, 0.5) is 11.4 Å². The second-order valence-corrected chi connectivity index (χ2v) is 7.15. The molecule has 0 spiro atoms. The summed E-state index contributed by atoms with van der Waals surface area (Å²) in [6.45, 7) is 3.89. The van der Waals surface area contributed by atoms with E-state index in [1.165, 1.54) is 0 Å². The van der Waals surface area contributed by atoms with Crippen molar-refractivity contribution in [1.82, 2.24) is 10.2 Å². The summed E-state index contributed by atoms with van der Waals surface area (Å²) in [5.41, 5.74) is 1.86. The largest absolute Gasteiger partial charge is 0.310 e. The molecule has 0 radical (unpaired) electrons. The molecule has 2 heterocycles. The highest BCUT2D eigenvalue weighted by Gasteiger charge is 2.27. The summed E-state index contributed by atoms with van der Waals surface area (Å²) in [6.07, 6.45) is 1.26. The highest BCUT2D eigenvalue weighted by atomic mass is 32.2. The summed E-state index contributed by atoms with van der Waals surface area (Å²) < 4.78 is 27.9. The van der Waals surface area contributed by atoms with Crippen molar-refractivity contribution < 1.29 is 13.2 Å². The van der Waals surface area contributed by atoms with E-state index in [-0.39, 0.29) is 10.8 Å². The van der Waals surface area contributed by atoms with Gasteiger partial charge in [-0.15, -0.1) is 0 Å². The van der Waals surface area contributed by atoms with Crippen LogP contribution in [0.1, 0.15) is 24.2 Å². The smallest absolute Gasteiger partial charge is 0.265 e. The molecule has 0 atom stereocenters. The highest BCUT2D eigenvalue weighted by Crippen LogP contribution is 2.31. The minimum absolute atomic E-state index is 0.00678. The Bertz CT molecular complexity index is 838. The zero-order valence-electron chi connectivity index (χ0n) is 13.0. The van der Waals surface area contributed by atoms with Crippen LogP contribution in [0.2, 0.25) is 0 Å². The van der Waals surface area contributed by atoms with Crippen LogP contribution < -0.4 is 9.62 Å². The predicted molar refractivity (Wildman–Crippen MR) is 86.9 cm³/mol. The number of carbonyl (C=O) groups is 1. The number of aromatic amines is 1. The quantitative estimate of drug-likeness (QED) is 0.893. The van der Waals surface area contributed by atoms with Crippen LogP contribution in [0.3, 0.4) is 0 Å². The number of carbonyl (C=O) groups excluding carboxylic acids is 1. The van der Waals surface area contributed by atoms with Gasteiger partial charge in [0.25, 0.3) is 10.0 Å². The molecular formula is C15H18N4O3S. The fraction of sp³-hybridized carbons (Fsp3) is 0.333. The highest BCUT2D eigenvalue weighted by molar-refractivity contribution is 7.92. The van der Waals surface area contributed by atoms with Gasteiger partial charge in [-0.3, -0.25) is 14.6 Å². The first-order valence-corrected chi connectivity index (χ1v) is 8.82. The van der Waals surface area contributed by atoms with E-state index >= 15 is 0 Å². The van der Waals surface area contributed by atoms with Crippen LogP contribution in [-0.2, 0) is 14.8 Å². The lowest BCUT2D eigenvalue weighted by Gasteiger charge is -2.20. The van der Waals surface area contributed by atoms with Gasteiger partial charge in [0.15, 0.2) is 0 Å². The molecule has 1 aliphatic rings. The van der Waals surface area contributed by atoms with Gasteiger partial charge in [0.05, 0.1) is 22.8 Å². The number of hydrogen-bond donors (Lipinski definition) is 2. The normalized spacial score (nSPS) is 15.2. The monoisotopic (exact) mass is 334 g/mol. The Hall–Kier alpha value is -2.35. The van der Waals surface area contributed by atoms with Gasteiger partial charge in [0.2, 0.25) is 5.91 Å². The topological polar surface area (TPSA) is 95.2 Å². The summed E-state index contributed by atoms with van der Waals surface area (Å²) in [5, 5.41) is 6.60. The number of hydrogen-bond acceptors (Lipinski definition) is 4. The summed E-state index contributed by atoms with van der Waals surface area (Å²) in [7, 11) is -3.78. The van der Waals surface area contributed by atoms with Gasteiger partial charge in [0.1, 0.15) is 4.90 Å². The van der Waals surface area contributed by atoms with Crippen molar-refractivity contribution in [1.29, 1.82) is 0 Å². The Labute approximate surface area is 134 Å². The molecule has 1 fully saturated rings. The van der Waals surface area contributed by atoms with E-state index in [0.29, 0.717) is 35.7 Å². The van der Waals surface area contributed by atoms with E-state index in [9.17, 15) is 13.2 Å². The van der Waals surface area contributed by atoms with Gasteiger partial charge in [0, 0.05) is 13.0 Å². The van der Waals surface area contributed by atoms with Crippen LogP contribution in [0, 0.1) is 13.8 Å². The molecule has 0 saturated carbocycles. The second-order valence-electron chi connectivity index (χ2n) is 5.53. The number of benzene rings is 1. The average molecular weight is 334 g/mol. The number of sulfonamides is 1. The number of aromatic nitrogens is 2. The molecule has 1 aromatic carbocycles. The second kappa shape index (κ2) is 5.69. The predicted octanol–water partition coefficient (Wildman–Crippen LogP) is 1.95. The van der Waals surface area contributed by atoms with Gasteiger partial charge in [-0.1, -0.05) is 12.1 Å². The molecule has 8 heteroatoms. The van der Waals surface area contributed by atoms with Gasteiger partial charge in [-0.25, -0.2) is 8.42 Å². The van der Waals surface area contributed by atoms with Crippen molar-refractivity contribution in [3.05, 3.63) is 35.7 Å². The first kappa shape index (κ1) is 15.5. The van der Waals surface area contributed by atoms with Crippen molar-refractivity contribution in [2.24, 2.45) is 0 Å². The number of nitrogens with zero attached hydrogens (tertiary/aromatic N) is 2. The lowest BCUT2D eigenvalue weighted by molar-refractivity contribution is -0.117. The van der Waals surface area contributed by atoms with Crippen molar-refractivity contribution in [3.8, 4) is 0 Å². The van der Waals surface area contributed by atoms with Crippen LogP contribution in [0.5, 0.6) is 0 Å². The molecule has 1 amide bonds. The van der Waals surface area contributed by atoms with Gasteiger partial charge >= 0.3 is 0 Å². The molecule has 7 nitrogen and oxygen atoms in total. The minimum Gasteiger partial charge on any atom is -0.310 e. The van der Waals surface area contributed by atoms with E-state index in [2.05, 4.69) is 14.9 Å². The molecule has 0 aliphatic carbocycles. The van der Waals surface area contributed by atoms with E-state index in [0.717, 1.165) is 6.42 Å². The standard InChI is InChI=1S/C15H18N4O3S/c1-10-15(11(2)17-16-10)23(21,22)18-12-6-3-4-7-13(12)19-9-5-8-14(19)20/h3-4,6-7,18H,5,8-9H2,1-2H3,(H,16,17). The minimum atomic E-state index is -3.78. The fourth-order valence-corrected chi connectivity index (χ4v) is 4.28. The Morgan fingerprint density at radius 2 is 2.00 bits per heavy atom. The molecule has 122 valence electrons. The SMILES string of the molecule is Cc1n[nH]c(C)c1S(=O)(=O)Nc1ccccc1N1CCCC1=O. The Morgan fingerprint density at radius 3 is 2.61 bits per heavy atom. The van der Waals surface area contributed by atoms with Crippen LogP contribution in [-0.4, -0.2) is 31.1 Å². The van der Waals surface area contributed by atoms with E-state index in [4.69, 9.17) is 0 Å². The third-order valence-corrected chi connectivity index (χ3v) is 5.47. The van der Waals surface area contributed by atoms with Crippen molar-refractivity contribution >= 4 is 27.3 Å². The number of aryl methyl sites for hydroxylation is 2. The van der Waals surface area contributed by atoms with E-state index in [1.807, 2.05) is 0 Å². The number of nitrogens with one attached hydrogen (secondary N) is 2. The zero-order valence-corrected chi connectivity index (χ0v) is 13.8. The fourth-order valence-electron chi connectivity index (χ4n) is 2.83. The summed E-state index contributed by atoms with van der Waals surface area (Å²) in [6, 6.07) is 6.92. The third kappa shape index (κ3) is 2.81. The van der Waals surface area contributed by atoms with Crippen LogP contribution >= 0.6 is 0 Å². The molecule has 2 N–H and O–H groups in total. The number of anilines is 2. The lowest BCUT2D eigenvalue weighted by Crippen LogP contribution is -2.25. The summed E-state index contributed by atoms with van der Waals surface area (Å²) in [4.78, 5) is 13.7. The Kier molecular flexibility index (Phi) is 3.85. The number of para-hydroxylation sites is 2. The number of rotatable bonds is 4. The average Bonchev–Trinajstić information content (AvgIpc) is 3.05. The van der Waals surface area contributed by atoms with Gasteiger partial charge < -0.3 is 4.90 Å². The first-order valence-electron chi connectivity index (χ1n) is 7.34. The molecule has 1 saturated heterocycles. The van der Waals surface area contributed by atoms with Crippen LogP contribution in [0.15, 0.2) is 29.2 Å². The molecule has 2 aromatic rings. The Balaban J connectivity index is 1.99. The van der Waals surface area contributed by atoms with Crippen molar-refractivity contribution in [2.45, 2.75) is 31.6 Å². The molecule has 23 heavy (non-hydrogen) atoms.